The summed E-state index contributed by atoms with van der Waals surface area (Å²) in [7, 11) is 1.24. The molecule has 206 valence electrons. The molecule has 0 aliphatic carbocycles. The Balaban J connectivity index is 1.60. The van der Waals surface area contributed by atoms with E-state index in [4.69, 9.17) is 16.2 Å². The lowest BCUT2D eigenvalue weighted by molar-refractivity contribution is -0.0529. The van der Waals surface area contributed by atoms with Crippen LogP contribution in [0.4, 0.5) is 29.1 Å². The van der Waals surface area contributed by atoms with E-state index >= 15 is 0 Å². The molecule has 0 unspecified atom stereocenters. The highest BCUT2D eigenvalue weighted by Crippen LogP contribution is 2.34. The summed E-state index contributed by atoms with van der Waals surface area (Å²) in [5.74, 6) is -1.45. The van der Waals surface area contributed by atoms with Gasteiger partial charge in [0.1, 0.15) is 23.8 Å². The molecular weight excluding hydrogens is 518 g/mol. The number of benzene rings is 1. The Kier molecular flexibility index (Phi) is 7.03. The van der Waals surface area contributed by atoms with Crippen molar-refractivity contribution >= 4 is 17.0 Å². The number of aromatic nitrogens is 4. The van der Waals surface area contributed by atoms with Crippen molar-refractivity contribution in [2.45, 2.75) is 37.3 Å². The van der Waals surface area contributed by atoms with E-state index in [1.54, 1.807) is 27.6 Å². The number of hydrogen-bond donors (Lipinski definition) is 3. The molecule has 3 aromatic heterocycles. The van der Waals surface area contributed by atoms with E-state index in [0.717, 1.165) is 12.1 Å². The van der Waals surface area contributed by atoms with Crippen molar-refractivity contribution in [3.8, 4) is 17.0 Å². The number of aliphatic hydroxyl groups excluding tert-OH is 1. The summed E-state index contributed by atoms with van der Waals surface area (Å²) in [6.07, 6.45) is -2.85. The predicted molar refractivity (Wildman–Crippen MR) is 137 cm³/mol. The van der Waals surface area contributed by atoms with E-state index in [9.17, 15) is 22.7 Å². The second kappa shape index (κ2) is 10.3. The van der Waals surface area contributed by atoms with E-state index in [2.05, 4.69) is 15.1 Å². The van der Waals surface area contributed by atoms with Crippen LogP contribution in [0.25, 0.3) is 16.8 Å². The van der Waals surface area contributed by atoms with Gasteiger partial charge in [0.15, 0.2) is 17.4 Å². The van der Waals surface area contributed by atoms with Gasteiger partial charge in [0.05, 0.1) is 29.7 Å². The Hall–Kier alpha value is -3.97. The second-order valence-electron chi connectivity index (χ2n) is 9.61. The van der Waals surface area contributed by atoms with Crippen LogP contribution in [0.5, 0.6) is 5.75 Å². The van der Waals surface area contributed by atoms with E-state index in [1.165, 1.54) is 19.5 Å². The third-order valence-electron chi connectivity index (χ3n) is 7.10. The number of methoxy groups -OCH3 is 1. The SMILES string of the molecule is COc1cc(F)c(-c2ccc(N3CCC[C@](N)([C@H](O)C(F)F)C3)c(Cc3ccc4c(N)ncnn34)n2)cc1F. The van der Waals surface area contributed by atoms with Crippen molar-refractivity contribution in [3.05, 3.63) is 65.7 Å². The van der Waals surface area contributed by atoms with Crippen LogP contribution < -0.4 is 21.1 Å². The molecule has 13 heteroatoms. The molecule has 0 radical (unpaired) electrons. The molecule has 1 aromatic carbocycles. The van der Waals surface area contributed by atoms with Crippen molar-refractivity contribution in [2.75, 3.05) is 30.8 Å². The van der Waals surface area contributed by atoms with E-state index in [-0.39, 0.29) is 42.2 Å². The van der Waals surface area contributed by atoms with Gasteiger partial charge in [-0.05, 0) is 43.2 Å². The zero-order chi connectivity index (χ0) is 27.9. The molecule has 2 atom stereocenters. The van der Waals surface area contributed by atoms with Gasteiger partial charge in [-0.2, -0.15) is 5.10 Å². The lowest BCUT2D eigenvalue weighted by atomic mass is 9.84. The summed E-state index contributed by atoms with van der Waals surface area (Å²) < 4.78 is 62.7. The molecule has 9 nitrogen and oxygen atoms in total. The fourth-order valence-electron chi connectivity index (χ4n) is 5.07. The Morgan fingerprint density at radius 2 is 1.95 bits per heavy atom. The summed E-state index contributed by atoms with van der Waals surface area (Å²) in [6, 6.07) is 8.67. The zero-order valence-electron chi connectivity index (χ0n) is 21.0. The number of aliphatic hydroxyl groups is 1. The van der Waals surface area contributed by atoms with Crippen LogP contribution in [0.3, 0.4) is 0 Å². The third kappa shape index (κ3) is 4.94. The largest absolute Gasteiger partial charge is 0.494 e. The van der Waals surface area contributed by atoms with Gasteiger partial charge < -0.3 is 26.2 Å². The third-order valence-corrected chi connectivity index (χ3v) is 7.10. The molecule has 0 amide bonds. The number of pyridine rings is 1. The van der Waals surface area contributed by atoms with Gasteiger partial charge in [-0.3, -0.25) is 4.98 Å². The van der Waals surface area contributed by atoms with Crippen molar-refractivity contribution < 1.29 is 27.4 Å². The van der Waals surface area contributed by atoms with Crippen LogP contribution in [0.2, 0.25) is 0 Å². The van der Waals surface area contributed by atoms with Crippen molar-refractivity contribution in [2.24, 2.45) is 5.73 Å². The number of halogens is 4. The summed E-state index contributed by atoms with van der Waals surface area (Å²) in [6.45, 7) is 0.417. The molecule has 4 aromatic rings. The minimum atomic E-state index is -3.00. The number of alkyl halides is 2. The number of ether oxygens (including phenoxy) is 1. The number of hydrogen-bond acceptors (Lipinski definition) is 8. The summed E-state index contributed by atoms with van der Waals surface area (Å²) >= 11 is 0. The van der Waals surface area contributed by atoms with Gasteiger partial charge in [-0.15, -0.1) is 0 Å². The standard InChI is InChI=1S/C26H27F4N7O2/c1-39-22-11-16(27)15(10-17(22)28)18-4-6-20(36-8-2-7-26(32,12-36)23(38)24(29)30)19(35-18)9-14-3-5-21-25(31)33-13-34-37(14)21/h3-6,10-11,13,23-24,38H,2,7-9,12,32H2,1H3,(H2,31,33,34)/t23-,26-/m1/s1. The molecule has 0 spiro atoms. The fourth-order valence-corrected chi connectivity index (χ4v) is 5.07. The number of nitrogen functional groups attached to an aromatic ring is 1. The van der Waals surface area contributed by atoms with Gasteiger partial charge in [-0.1, -0.05) is 0 Å². The monoisotopic (exact) mass is 545 g/mol. The van der Waals surface area contributed by atoms with Gasteiger partial charge in [0.25, 0.3) is 6.43 Å². The van der Waals surface area contributed by atoms with Crippen molar-refractivity contribution in [1.82, 2.24) is 19.6 Å². The first-order valence-electron chi connectivity index (χ1n) is 12.2. The lowest BCUT2D eigenvalue weighted by Gasteiger charge is -2.44. The molecule has 1 aliphatic heterocycles. The molecule has 5 rings (SSSR count). The Labute approximate surface area is 221 Å². The highest BCUT2D eigenvalue weighted by Gasteiger charge is 2.43. The first-order chi connectivity index (χ1) is 18.6. The topological polar surface area (TPSA) is 128 Å². The first-order valence-corrected chi connectivity index (χ1v) is 12.2. The number of piperidine rings is 1. The molecule has 4 heterocycles. The number of fused-ring (bicyclic) bond motifs is 1. The molecule has 1 saturated heterocycles. The number of anilines is 2. The number of nitrogens with zero attached hydrogens (tertiary/aromatic N) is 5. The normalized spacial score (nSPS) is 18.6. The van der Waals surface area contributed by atoms with Gasteiger partial charge in [0, 0.05) is 36.8 Å². The number of rotatable bonds is 7. The fraction of sp³-hybridized carbons (Fsp3) is 0.346. The average Bonchev–Trinajstić information content (AvgIpc) is 3.33. The van der Waals surface area contributed by atoms with E-state index in [0.29, 0.717) is 35.6 Å². The van der Waals surface area contributed by atoms with Crippen LogP contribution in [0, 0.1) is 11.6 Å². The van der Waals surface area contributed by atoms with Gasteiger partial charge >= 0.3 is 0 Å². The maximum absolute atomic E-state index is 14.9. The van der Waals surface area contributed by atoms with Crippen LogP contribution in [0.15, 0.2) is 42.7 Å². The van der Waals surface area contributed by atoms with Gasteiger partial charge in [0.2, 0.25) is 0 Å². The molecule has 1 aliphatic rings. The average molecular weight is 546 g/mol. The second-order valence-corrected chi connectivity index (χ2v) is 9.61. The highest BCUT2D eigenvalue weighted by molar-refractivity contribution is 5.67. The lowest BCUT2D eigenvalue weighted by Crippen LogP contribution is -2.63. The molecule has 1 fully saturated rings. The molecule has 0 bridgehead atoms. The Morgan fingerprint density at radius 1 is 1.15 bits per heavy atom. The maximum atomic E-state index is 14.9. The quantitative estimate of drug-likeness (QED) is 0.302. The minimum absolute atomic E-state index is 0.0535. The van der Waals surface area contributed by atoms with Crippen LogP contribution in [-0.2, 0) is 6.42 Å². The van der Waals surface area contributed by atoms with Gasteiger partial charge in [-0.25, -0.2) is 27.1 Å². The van der Waals surface area contributed by atoms with Crippen LogP contribution in [-0.4, -0.2) is 63.0 Å². The summed E-state index contributed by atoms with van der Waals surface area (Å²) in [5, 5.41) is 14.4. The first kappa shape index (κ1) is 26.6. The Bertz CT molecular complexity index is 1520. The highest BCUT2D eigenvalue weighted by atomic mass is 19.3. The molecular formula is C26H27F4N7O2. The van der Waals surface area contributed by atoms with Crippen molar-refractivity contribution in [3.63, 3.8) is 0 Å². The Morgan fingerprint density at radius 3 is 2.69 bits per heavy atom. The summed E-state index contributed by atoms with van der Waals surface area (Å²) in [5.41, 5.74) is 13.0. The molecule has 39 heavy (non-hydrogen) atoms. The maximum Gasteiger partial charge on any atom is 0.265 e. The summed E-state index contributed by atoms with van der Waals surface area (Å²) in [4.78, 5) is 10.4. The smallest absolute Gasteiger partial charge is 0.265 e. The van der Waals surface area contributed by atoms with Crippen LogP contribution in [0.1, 0.15) is 24.2 Å². The minimum Gasteiger partial charge on any atom is -0.494 e. The van der Waals surface area contributed by atoms with Crippen molar-refractivity contribution in [1.29, 1.82) is 0 Å². The number of nitrogens with two attached hydrogens (primary N) is 2. The molecule has 0 saturated carbocycles. The molecule has 5 N–H and O–H groups in total. The zero-order valence-corrected chi connectivity index (χ0v) is 21.0. The van der Waals surface area contributed by atoms with E-state index in [1.807, 2.05) is 0 Å². The van der Waals surface area contributed by atoms with E-state index < -0.39 is 29.7 Å². The predicted octanol–water partition coefficient (Wildman–Crippen LogP) is 3.17. The van der Waals surface area contributed by atoms with Crippen LogP contribution >= 0.6 is 0 Å².